The summed E-state index contributed by atoms with van der Waals surface area (Å²) in [5.41, 5.74) is 0. The Morgan fingerprint density at radius 1 is 0.938 bits per heavy atom. The molecule has 0 heterocycles. The molecular formula is CH5Na3O10Si2. The van der Waals surface area contributed by atoms with Gasteiger partial charge < -0.3 is 43.1 Å². The standard InChI is InChI=1S/CH2O3.3Na.H3O7Si2/c2-1(3)4;;;;1-8(2,3)7-9(4,5)6/h(H2,2,3,4);;;;1-3H/q;3*+1;-3. The second-order valence-electron chi connectivity index (χ2n) is 1.46. The number of carbonyl (C=O) groups is 1. The average molecular weight is 302 g/mol. The molecule has 5 N–H and O–H groups in total. The van der Waals surface area contributed by atoms with Gasteiger partial charge in [0.25, 0.3) is 0 Å². The first-order chi connectivity index (χ1) is 5.44. The Bertz CT molecular complexity index is 146. The van der Waals surface area contributed by atoms with Crippen LogP contribution in [0.2, 0.25) is 0 Å². The monoisotopic (exact) mass is 302 g/mol. The van der Waals surface area contributed by atoms with Gasteiger partial charge in [0.2, 0.25) is 0 Å². The minimum Gasteiger partial charge on any atom is -0.861 e. The summed E-state index contributed by atoms with van der Waals surface area (Å²) in [7, 11) is -10.9. The molecule has 0 bridgehead atoms. The van der Waals surface area contributed by atoms with Crippen LogP contribution in [0.15, 0.2) is 0 Å². The molecule has 0 unspecified atom stereocenters. The maximum absolute atomic E-state index is 9.48. The van der Waals surface area contributed by atoms with Gasteiger partial charge in [0.1, 0.15) is 0 Å². The van der Waals surface area contributed by atoms with Gasteiger partial charge in [0, 0.05) is 0 Å². The molecule has 0 aromatic carbocycles. The van der Waals surface area contributed by atoms with E-state index in [2.05, 4.69) is 4.12 Å². The van der Waals surface area contributed by atoms with Crippen molar-refractivity contribution in [3.8, 4) is 0 Å². The Hall–Kier alpha value is 2.42. The van der Waals surface area contributed by atoms with Gasteiger partial charge in [0.05, 0.1) is 0 Å². The van der Waals surface area contributed by atoms with Gasteiger partial charge in [-0.05, 0) is 0 Å². The topological polar surface area (TPSA) is 197 Å². The third kappa shape index (κ3) is 55.1. The van der Waals surface area contributed by atoms with Crippen LogP contribution in [-0.2, 0) is 4.12 Å². The van der Waals surface area contributed by atoms with Crippen LogP contribution >= 0.6 is 0 Å². The van der Waals surface area contributed by atoms with Crippen LogP contribution in [0.4, 0.5) is 4.79 Å². The fourth-order valence-electron chi connectivity index (χ4n) is 0.168. The Kier molecular flexibility index (Phi) is 26.9. The molecule has 0 aromatic rings. The number of hydrogen-bond donors (Lipinski definition) is 5. The van der Waals surface area contributed by atoms with Crippen molar-refractivity contribution in [2.24, 2.45) is 0 Å². The van der Waals surface area contributed by atoms with Crippen molar-refractivity contribution in [2.45, 2.75) is 0 Å². The van der Waals surface area contributed by atoms with E-state index < -0.39 is 24.3 Å². The van der Waals surface area contributed by atoms with Crippen LogP contribution in [0.1, 0.15) is 0 Å². The molecule has 15 heteroatoms. The van der Waals surface area contributed by atoms with Gasteiger partial charge in [-0.1, -0.05) is 0 Å². The summed E-state index contributed by atoms with van der Waals surface area (Å²) in [6, 6.07) is 0. The Balaban J connectivity index is -0.0000000511. The summed E-state index contributed by atoms with van der Waals surface area (Å²) in [4.78, 5) is 60.4. The van der Waals surface area contributed by atoms with E-state index in [9.17, 15) is 14.4 Å². The predicted molar refractivity (Wildman–Crippen MR) is 29.9 cm³/mol. The van der Waals surface area contributed by atoms with Gasteiger partial charge in [-0.15, -0.1) is 9.05 Å². The summed E-state index contributed by atoms with van der Waals surface area (Å²) in [6.07, 6.45) is -1.83. The molecule has 0 radical (unpaired) electrons. The molecule has 80 valence electrons. The molecule has 0 aliphatic rings. The Morgan fingerprint density at radius 2 is 1.12 bits per heavy atom. The molecule has 0 fully saturated rings. The van der Waals surface area contributed by atoms with Crippen molar-refractivity contribution in [1.82, 2.24) is 0 Å². The molecule has 0 amide bonds. The molecule has 0 rings (SSSR count). The maximum Gasteiger partial charge on any atom is 1.00 e. The van der Waals surface area contributed by atoms with Gasteiger partial charge in [-0.3, -0.25) is 0 Å². The molecule has 10 nitrogen and oxygen atoms in total. The average Bonchev–Trinajstić information content (AvgIpc) is 1.47. The van der Waals surface area contributed by atoms with Gasteiger partial charge in [-0.2, -0.15) is 0 Å². The largest absolute Gasteiger partial charge is 1.00 e. The third-order valence-corrected chi connectivity index (χ3v) is 2.36. The van der Waals surface area contributed by atoms with Crippen molar-refractivity contribution in [1.29, 1.82) is 0 Å². The van der Waals surface area contributed by atoms with Crippen LogP contribution in [0.3, 0.4) is 0 Å². The first-order valence-corrected chi connectivity index (χ1v) is 5.73. The molecule has 0 aliphatic heterocycles. The molecule has 0 aromatic heterocycles. The zero-order valence-electron chi connectivity index (χ0n) is 8.78. The van der Waals surface area contributed by atoms with Gasteiger partial charge >= 0.3 is 104 Å². The van der Waals surface area contributed by atoms with Crippen molar-refractivity contribution < 1.29 is 137 Å². The summed E-state index contributed by atoms with van der Waals surface area (Å²) < 4.78 is 2.90. The Labute approximate surface area is 158 Å². The minimum absolute atomic E-state index is 0. The van der Waals surface area contributed by atoms with Crippen molar-refractivity contribution in [3.63, 3.8) is 0 Å². The summed E-state index contributed by atoms with van der Waals surface area (Å²) in [6.45, 7) is 0. The second-order valence-corrected chi connectivity index (χ2v) is 4.42. The van der Waals surface area contributed by atoms with E-state index in [1.165, 1.54) is 0 Å². The third-order valence-electron chi connectivity index (χ3n) is 0.262. The molecule has 0 spiro atoms. The quantitative estimate of drug-likeness (QED) is 0.305. The van der Waals surface area contributed by atoms with E-state index in [1.54, 1.807) is 0 Å². The van der Waals surface area contributed by atoms with Crippen molar-refractivity contribution >= 4 is 24.3 Å². The van der Waals surface area contributed by atoms with Crippen LogP contribution in [0, 0.1) is 0 Å². The van der Waals surface area contributed by atoms with Gasteiger partial charge in [-0.25, -0.2) is 4.79 Å². The van der Waals surface area contributed by atoms with Crippen molar-refractivity contribution in [2.75, 3.05) is 0 Å². The molecule has 16 heavy (non-hydrogen) atoms. The SMILES string of the molecule is O=C(O)O.[Na+].[Na+].[Na+].[O-][Si]([O-])([O-])O[Si](O)(O)O. The fraction of sp³-hybridized carbons (Fsp3) is 0. The smallest absolute Gasteiger partial charge is 0.861 e. The van der Waals surface area contributed by atoms with Crippen molar-refractivity contribution in [3.05, 3.63) is 0 Å². The molecular weight excluding hydrogens is 297 g/mol. The zero-order valence-corrected chi connectivity index (χ0v) is 16.8. The Morgan fingerprint density at radius 3 is 1.12 bits per heavy atom. The predicted octanol–water partition coefficient (Wildman–Crippen LogP) is -14.8. The number of rotatable bonds is 2. The zero-order chi connectivity index (χ0) is 11.3. The summed E-state index contributed by atoms with van der Waals surface area (Å²) >= 11 is 0. The molecule has 0 aliphatic carbocycles. The number of carboxylic acid groups (broad SMARTS) is 2. The normalized spacial score (nSPS) is 9.38. The van der Waals surface area contributed by atoms with Crippen LogP contribution < -0.4 is 103 Å². The van der Waals surface area contributed by atoms with Crippen LogP contribution in [-0.4, -0.2) is 48.9 Å². The summed E-state index contributed by atoms with van der Waals surface area (Å²) in [5.74, 6) is 0. The van der Waals surface area contributed by atoms with Crippen LogP contribution in [0.5, 0.6) is 0 Å². The van der Waals surface area contributed by atoms with E-state index in [1.807, 2.05) is 0 Å². The molecule has 0 saturated heterocycles. The van der Waals surface area contributed by atoms with E-state index >= 15 is 0 Å². The van der Waals surface area contributed by atoms with E-state index in [-0.39, 0.29) is 88.7 Å². The fourth-order valence-corrected chi connectivity index (χ4v) is 1.51. The number of hydrogen-bond acceptors (Lipinski definition) is 8. The summed E-state index contributed by atoms with van der Waals surface area (Å²) in [5, 5.41) is 13.9. The molecule has 0 saturated carbocycles. The van der Waals surface area contributed by atoms with Gasteiger partial charge in [0.15, 0.2) is 0 Å². The maximum atomic E-state index is 9.48. The van der Waals surface area contributed by atoms with E-state index in [0.717, 1.165) is 0 Å². The first-order valence-electron chi connectivity index (χ1n) is 2.34. The van der Waals surface area contributed by atoms with E-state index in [4.69, 9.17) is 29.4 Å². The molecule has 0 atom stereocenters. The first kappa shape index (κ1) is 31.0. The van der Waals surface area contributed by atoms with Crippen LogP contribution in [0.25, 0.3) is 0 Å². The second kappa shape index (κ2) is 13.8. The van der Waals surface area contributed by atoms with E-state index in [0.29, 0.717) is 0 Å². The minimum atomic E-state index is -5.73.